The van der Waals surface area contributed by atoms with Crippen molar-refractivity contribution in [1.82, 2.24) is 10.1 Å². The first kappa shape index (κ1) is 15.9. The van der Waals surface area contributed by atoms with E-state index in [4.69, 9.17) is 9.26 Å². The summed E-state index contributed by atoms with van der Waals surface area (Å²) in [7, 11) is 1.70. The molecule has 1 aromatic carbocycles. The van der Waals surface area contributed by atoms with Crippen molar-refractivity contribution in [3.8, 4) is 5.75 Å². The number of benzene rings is 1. The number of hydrogen-bond donors (Lipinski definition) is 1. The van der Waals surface area contributed by atoms with Crippen LogP contribution in [0.1, 0.15) is 25.3 Å². The molecule has 0 bridgehead atoms. The van der Waals surface area contributed by atoms with Gasteiger partial charge in [-0.3, -0.25) is 0 Å². The fourth-order valence-corrected chi connectivity index (χ4v) is 1.94. The number of anilines is 1. The third kappa shape index (κ3) is 4.25. The van der Waals surface area contributed by atoms with E-state index in [2.05, 4.69) is 10.5 Å². The molecule has 0 saturated heterocycles. The van der Waals surface area contributed by atoms with Gasteiger partial charge in [0.25, 0.3) is 0 Å². The summed E-state index contributed by atoms with van der Waals surface area (Å²) >= 11 is 0. The number of urea groups is 1. The molecular weight excluding hydrogens is 282 g/mol. The Morgan fingerprint density at radius 1 is 1.41 bits per heavy atom. The van der Waals surface area contributed by atoms with E-state index in [1.54, 1.807) is 13.1 Å². The highest BCUT2D eigenvalue weighted by molar-refractivity contribution is 5.90. The summed E-state index contributed by atoms with van der Waals surface area (Å²) in [5, 5.41) is 6.73. The fourth-order valence-electron chi connectivity index (χ4n) is 1.94. The van der Waals surface area contributed by atoms with E-state index in [0.29, 0.717) is 23.7 Å². The molecule has 2 aromatic rings. The topological polar surface area (TPSA) is 67.6 Å². The van der Waals surface area contributed by atoms with Gasteiger partial charge in [-0.15, -0.1) is 0 Å². The molecule has 0 aliphatic carbocycles. The quantitative estimate of drug-likeness (QED) is 0.918. The largest absolute Gasteiger partial charge is 0.489 e. The molecule has 0 radical (unpaired) electrons. The van der Waals surface area contributed by atoms with Crippen LogP contribution in [0.15, 0.2) is 34.9 Å². The molecule has 1 heterocycles. The monoisotopic (exact) mass is 303 g/mol. The number of nitrogens with one attached hydrogen (secondary N) is 1. The van der Waals surface area contributed by atoms with Gasteiger partial charge >= 0.3 is 6.03 Å². The average molecular weight is 303 g/mol. The molecule has 22 heavy (non-hydrogen) atoms. The standard InChI is InChI=1S/C16H21N3O3/c1-11(2)21-15-8-6-5-7-14(15)17-16(20)19(4)10-13-9-12(3)22-18-13/h5-9,11H,10H2,1-4H3,(H,17,20). The molecular formula is C16H21N3O3. The van der Waals surface area contributed by atoms with Crippen LogP contribution in [0.5, 0.6) is 5.75 Å². The molecule has 0 saturated carbocycles. The van der Waals surface area contributed by atoms with Crippen LogP contribution in [0.4, 0.5) is 10.5 Å². The van der Waals surface area contributed by atoms with Crippen LogP contribution in [0.2, 0.25) is 0 Å². The minimum atomic E-state index is -0.236. The van der Waals surface area contributed by atoms with Crippen molar-refractivity contribution in [2.45, 2.75) is 33.4 Å². The molecule has 6 heteroatoms. The van der Waals surface area contributed by atoms with Gasteiger partial charge in [0.05, 0.1) is 18.3 Å². The highest BCUT2D eigenvalue weighted by atomic mass is 16.5. The molecule has 0 fully saturated rings. The van der Waals surface area contributed by atoms with Gasteiger partial charge in [0.1, 0.15) is 17.2 Å². The Balaban J connectivity index is 2.02. The summed E-state index contributed by atoms with van der Waals surface area (Å²) in [5.41, 5.74) is 1.35. The minimum Gasteiger partial charge on any atom is -0.489 e. The molecule has 2 rings (SSSR count). The normalized spacial score (nSPS) is 10.6. The van der Waals surface area contributed by atoms with E-state index in [0.717, 1.165) is 5.76 Å². The average Bonchev–Trinajstić information content (AvgIpc) is 2.85. The van der Waals surface area contributed by atoms with E-state index in [1.165, 1.54) is 4.90 Å². The van der Waals surface area contributed by atoms with Gasteiger partial charge in [0, 0.05) is 13.1 Å². The lowest BCUT2D eigenvalue weighted by Crippen LogP contribution is -2.31. The first-order chi connectivity index (χ1) is 10.5. The molecule has 0 aliphatic heterocycles. The Labute approximate surface area is 130 Å². The Hall–Kier alpha value is -2.50. The summed E-state index contributed by atoms with van der Waals surface area (Å²) < 4.78 is 10.7. The van der Waals surface area contributed by atoms with E-state index in [-0.39, 0.29) is 12.1 Å². The van der Waals surface area contributed by atoms with E-state index in [1.807, 2.05) is 45.0 Å². The van der Waals surface area contributed by atoms with Crippen molar-refractivity contribution in [3.05, 3.63) is 41.8 Å². The molecule has 118 valence electrons. The first-order valence-corrected chi connectivity index (χ1v) is 7.15. The molecule has 0 aliphatic rings. The maximum Gasteiger partial charge on any atom is 0.322 e. The van der Waals surface area contributed by atoms with Crippen LogP contribution in [0, 0.1) is 6.92 Å². The summed E-state index contributed by atoms with van der Waals surface area (Å²) in [4.78, 5) is 13.8. The van der Waals surface area contributed by atoms with Gasteiger partial charge in [-0.05, 0) is 32.9 Å². The van der Waals surface area contributed by atoms with Crippen LogP contribution in [-0.2, 0) is 6.54 Å². The van der Waals surface area contributed by atoms with E-state index >= 15 is 0 Å². The Kier molecular flexibility index (Phi) is 5.04. The lowest BCUT2D eigenvalue weighted by atomic mass is 10.3. The molecule has 0 spiro atoms. The predicted octanol–water partition coefficient (Wildman–Crippen LogP) is 3.43. The second-order valence-corrected chi connectivity index (χ2v) is 5.38. The SMILES string of the molecule is Cc1cc(CN(C)C(=O)Nc2ccccc2OC(C)C)no1. The van der Waals surface area contributed by atoms with Gasteiger partial charge in [-0.1, -0.05) is 17.3 Å². The van der Waals surface area contributed by atoms with E-state index < -0.39 is 0 Å². The third-order valence-corrected chi connectivity index (χ3v) is 2.91. The molecule has 0 unspecified atom stereocenters. The van der Waals surface area contributed by atoms with Crippen molar-refractivity contribution >= 4 is 11.7 Å². The lowest BCUT2D eigenvalue weighted by Gasteiger charge is -2.19. The Bertz CT molecular complexity index is 637. The number of ether oxygens (including phenoxy) is 1. The summed E-state index contributed by atoms with van der Waals surface area (Å²) in [6.45, 7) is 6.07. The predicted molar refractivity (Wildman–Crippen MR) is 83.9 cm³/mol. The van der Waals surface area contributed by atoms with Gasteiger partial charge in [0.2, 0.25) is 0 Å². The minimum absolute atomic E-state index is 0.0360. The van der Waals surface area contributed by atoms with E-state index in [9.17, 15) is 4.79 Å². The number of carbonyl (C=O) groups is 1. The molecule has 0 atom stereocenters. The van der Waals surface area contributed by atoms with Crippen molar-refractivity contribution in [3.63, 3.8) is 0 Å². The highest BCUT2D eigenvalue weighted by Crippen LogP contribution is 2.25. The number of rotatable bonds is 5. The zero-order valence-electron chi connectivity index (χ0n) is 13.3. The zero-order chi connectivity index (χ0) is 16.1. The molecule has 6 nitrogen and oxygen atoms in total. The summed E-state index contributed by atoms with van der Waals surface area (Å²) in [6.07, 6.45) is 0.0360. The number of carbonyl (C=O) groups excluding carboxylic acids is 1. The smallest absolute Gasteiger partial charge is 0.322 e. The van der Waals surface area contributed by atoms with Crippen LogP contribution in [0.3, 0.4) is 0 Å². The number of aromatic nitrogens is 1. The van der Waals surface area contributed by atoms with Crippen molar-refractivity contribution in [2.24, 2.45) is 0 Å². The van der Waals surface area contributed by atoms with Gasteiger partial charge < -0.3 is 19.5 Å². The van der Waals surface area contributed by atoms with Crippen LogP contribution in [-0.4, -0.2) is 29.2 Å². The third-order valence-electron chi connectivity index (χ3n) is 2.91. The van der Waals surface area contributed by atoms with Crippen molar-refractivity contribution in [2.75, 3.05) is 12.4 Å². The molecule has 1 N–H and O–H groups in total. The number of amides is 2. The number of nitrogens with zero attached hydrogens (tertiary/aromatic N) is 2. The zero-order valence-corrected chi connectivity index (χ0v) is 13.3. The number of aryl methyl sites for hydroxylation is 1. The summed E-state index contributed by atoms with van der Waals surface area (Å²) in [6, 6.07) is 8.93. The van der Waals surface area contributed by atoms with Gasteiger partial charge in [-0.25, -0.2) is 4.79 Å². The van der Waals surface area contributed by atoms with Crippen LogP contribution >= 0.6 is 0 Å². The van der Waals surface area contributed by atoms with Crippen LogP contribution < -0.4 is 10.1 Å². The Morgan fingerprint density at radius 3 is 2.77 bits per heavy atom. The lowest BCUT2D eigenvalue weighted by molar-refractivity contribution is 0.218. The van der Waals surface area contributed by atoms with Gasteiger partial charge in [-0.2, -0.15) is 0 Å². The van der Waals surface area contributed by atoms with Crippen molar-refractivity contribution < 1.29 is 14.1 Å². The van der Waals surface area contributed by atoms with Crippen LogP contribution in [0.25, 0.3) is 0 Å². The molecule has 1 aromatic heterocycles. The maximum atomic E-state index is 12.3. The maximum absolute atomic E-state index is 12.3. The number of hydrogen-bond acceptors (Lipinski definition) is 4. The van der Waals surface area contributed by atoms with Gasteiger partial charge in [0.15, 0.2) is 0 Å². The second-order valence-electron chi connectivity index (χ2n) is 5.38. The van der Waals surface area contributed by atoms with Crippen molar-refractivity contribution in [1.29, 1.82) is 0 Å². The second kappa shape index (κ2) is 6.98. The first-order valence-electron chi connectivity index (χ1n) is 7.15. The Morgan fingerprint density at radius 2 is 2.14 bits per heavy atom. The fraction of sp³-hybridized carbons (Fsp3) is 0.375. The highest BCUT2D eigenvalue weighted by Gasteiger charge is 2.14. The summed E-state index contributed by atoms with van der Waals surface area (Å²) in [5.74, 6) is 1.37. The molecule has 2 amide bonds. The number of para-hydroxylation sites is 2.